The van der Waals surface area contributed by atoms with E-state index in [1.807, 2.05) is 0 Å². The van der Waals surface area contributed by atoms with E-state index in [0.29, 0.717) is 15.6 Å². The van der Waals surface area contributed by atoms with Crippen LogP contribution in [-0.2, 0) is 12.8 Å². The van der Waals surface area contributed by atoms with E-state index in [4.69, 9.17) is 5.73 Å². The van der Waals surface area contributed by atoms with E-state index in [-0.39, 0.29) is 17.2 Å². The normalized spacial score (nSPS) is 14.5. The summed E-state index contributed by atoms with van der Waals surface area (Å²) in [6.45, 7) is 0. The molecule has 0 bridgehead atoms. The number of benzene rings is 1. The van der Waals surface area contributed by atoms with Crippen molar-refractivity contribution in [1.82, 2.24) is 4.98 Å². The number of rotatable bonds is 1. The Kier molecular flexibility index (Phi) is 4.63. The molecular weight excluding hydrogens is 357 g/mol. The summed E-state index contributed by atoms with van der Waals surface area (Å²) in [7, 11) is 0. The predicted molar refractivity (Wildman–Crippen MR) is 92.3 cm³/mol. The average Bonchev–Trinajstić information content (AvgIpc) is 2.48. The molecule has 0 saturated heterocycles. The maximum Gasteiger partial charge on any atom is 0.142 e. The van der Waals surface area contributed by atoms with Gasteiger partial charge in [0.15, 0.2) is 0 Å². The number of aryl methyl sites for hydroxylation is 1. The molecule has 1 aromatic heterocycles. The van der Waals surface area contributed by atoms with Gasteiger partial charge in [-0.25, -0.2) is 9.37 Å². The van der Waals surface area contributed by atoms with Crippen molar-refractivity contribution in [3.63, 3.8) is 0 Å². The Labute approximate surface area is 143 Å². The summed E-state index contributed by atoms with van der Waals surface area (Å²) >= 11 is 3.27. The van der Waals surface area contributed by atoms with Gasteiger partial charge in [-0.05, 0) is 43.4 Å². The van der Waals surface area contributed by atoms with Crippen LogP contribution in [0.5, 0.6) is 0 Å². The molecule has 118 valence electrons. The first-order valence-electron chi connectivity index (χ1n) is 7.78. The third-order valence-electron chi connectivity index (χ3n) is 4.31. The molecule has 5 heteroatoms. The van der Waals surface area contributed by atoms with E-state index in [1.54, 1.807) is 12.1 Å². The molecule has 0 radical (unpaired) electrons. The van der Waals surface area contributed by atoms with E-state index >= 15 is 0 Å². The largest absolute Gasteiger partial charge is 0.383 e. The lowest BCUT2D eigenvalue weighted by atomic mass is 9.88. The second-order valence-corrected chi connectivity index (χ2v) is 6.74. The van der Waals surface area contributed by atoms with Crippen molar-refractivity contribution < 1.29 is 4.39 Å². The van der Waals surface area contributed by atoms with Crippen LogP contribution in [0.25, 0.3) is 11.1 Å². The number of hydrogen-bond donors (Lipinski definition) is 1. The van der Waals surface area contributed by atoms with Gasteiger partial charge in [-0.3, -0.25) is 0 Å². The van der Waals surface area contributed by atoms with Gasteiger partial charge in [-0.1, -0.05) is 34.8 Å². The number of hydrogen-bond acceptors (Lipinski definition) is 3. The van der Waals surface area contributed by atoms with Crippen LogP contribution in [0.3, 0.4) is 0 Å². The summed E-state index contributed by atoms with van der Waals surface area (Å²) in [5.41, 5.74) is 9.23. The van der Waals surface area contributed by atoms with Crippen molar-refractivity contribution in [2.45, 2.75) is 38.5 Å². The highest BCUT2D eigenvalue weighted by Crippen LogP contribution is 2.36. The molecule has 0 atom stereocenters. The molecule has 2 N–H and O–H groups in total. The Hall–Kier alpha value is -1.93. The summed E-state index contributed by atoms with van der Waals surface area (Å²) in [6, 6.07) is 7.03. The van der Waals surface area contributed by atoms with E-state index in [9.17, 15) is 9.65 Å². The molecule has 1 heterocycles. The molecule has 0 saturated carbocycles. The van der Waals surface area contributed by atoms with Crippen molar-refractivity contribution >= 4 is 21.7 Å². The highest BCUT2D eigenvalue weighted by molar-refractivity contribution is 9.10. The number of halogens is 2. The fourth-order valence-electron chi connectivity index (χ4n) is 3.22. The van der Waals surface area contributed by atoms with E-state index in [1.165, 1.54) is 12.5 Å². The summed E-state index contributed by atoms with van der Waals surface area (Å²) < 4.78 is 15.2. The summed E-state index contributed by atoms with van der Waals surface area (Å²) in [5, 5.41) is 9.53. The molecule has 3 rings (SSSR count). The van der Waals surface area contributed by atoms with Gasteiger partial charge >= 0.3 is 0 Å². The number of aromatic nitrogens is 1. The quantitative estimate of drug-likeness (QED) is 0.783. The minimum atomic E-state index is -0.356. The van der Waals surface area contributed by atoms with Crippen molar-refractivity contribution in [3.8, 4) is 17.2 Å². The molecule has 3 nitrogen and oxygen atoms in total. The van der Waals surface area contributed by atoms with Gasteiger partial charge < -0.3 is 5.73 Å². The van der Waals surface area contributed by atoms with Crippen LogP contribution in [-0.4, -0.2) is 4.98 Å². The molecule has 1 aliphatic carbocycles. The molecule has 0 unspecified atom stereocenters. The van der Waals surface area contributed by atoms with Crippen LogP contribution in [0.15, 0.2) is 22.7 Å². The first-order valence-corrected chi connectivity index (χ1v) is 8.58. The maximum absolute atomic E-state index is 14.5. The Balaban J connectivity index is 2.30. The number of anilines is 1. The van der Waals surface area contributed by atoms with E-state index in [0.717, 1.165) is 43.4 Å². The lowest BCUT2D eigenvalue weighted by molar-refractivity contribution is 0.608. The van der Waals surface area contributed by atoms with Crippen molar-refractivity contribution in [3.05, 3.63) is 45.3 Å². The van der Waals surface area contributed by atoms with Crippen molar-refractivity contribution in [1.29, 1.82) is 5.26 Å². The zero-order valence-electron chi connectivity index (χ0n) is 12.7. The molecule has 0 fully saturated rings. The van der Waals surface area contributed by atoms with Crippen LogP contribution in [0.4, 0.5) is 10.2 Å². The van der Waals surface area contributed by atoms with Crippen LogP contribution in [0.2, 0.25) is 0 Å². The fourth-order valence-corrected chi connectivity index (χ4v) is 3.55. The van der Waals surface area contributed by atoms with Crippen LogP contribution in [0, 0.1) is 17.1 Å². The lowest BCUT2D eigenvalue weighted by Gasteiger charge is -2.20. The standard InChI is InChI=1S/C18H17BrFN3/c19-11-7-8-12(15(20)9-11)17-13-5-3-1-2-4-6-16(13)23-18(22)14(17)10-21/h7-9H,1-6H2,(H2,22,23). The summed E-state index contributed by atoms with van der Waals surface area (Å²) in [5.74, 6) is -0.158. The number of nitrogens with two attached hydrogens (primary N) is 1. The van der Waals surface area contributed by atoms with Gasteiger partial charge in [0.1, 0.15) is 23.3 Å². The monoisotopic (exact) mass is 373 g/mol. The first-order chi connectivity index (χ1) is 11.1. The van der Waals surface area contributed by atoms with Crippen LogP contribution >= 0.6 is 15.9 Å². The second kappa shape index (κ2) is 6.67. The number of fused-ring (bicyclic) bond motifs is 1. The molecule has 0 spiro atoms. The minimum absolute atomic E-state index is 0.198. The van der Waals surface area contributed by atoms with E-state index in [2.05, 4.69) is 27.0 Å². The van der Waals surface area contributed by atoms with Crippen molar-refractivity contribution in [2.24, 2.45) is 0 Å². The predicted octanol–water partition coefficient (Wildman–Crippen LogP) is 4.76. The Bertz CT molecular complexity index is 796. The van der Waals surface area contributed by atoms with Crippen LogP contribution < -0.4 is 5.73 Å². The molecule has 1 aromatic carbocycles. The van der Waals surface area contributed by atoms with E-state index < -0.39 is 0 Å². The van der Waals surface area contributed by atoms with Gasteiger partial charge in [0.2, 0.25) is 0 Å². The number of nitriles is 1. The molecule has 0 amide bonds. The second-order valence-electron chi connectivity index (χ2n) is 5.82. The highest BCUT2D eigenvalue weighted by Gasteiger charge is 2.22. The van der Waals surface area contributed by atoms with Gasteiger partial charge in [0, 0.05) is 21.3 Å². The van der Waals surface area contributed by atoms with Crippen LogP contribution in [0.1, 0.15) is 42.5 Å². The topological polar surface area (TPSA) is 62.7 Å². The molecule has 0 aliphatic heterocycles. The van der Waals surface area contributed by atoms with Gasteiger partial charge in [0.05, 0.1) is 0 Å². The number of pyridine rings is 1. The third kappa shape index (κ3) is 3.09. The number of nitrogens with zero attached hydrogens (tertiary/aromatic N) is 2. The smallest absolute Gasteiger partial charge is 0.142 e. The first kappa shape index (κ1) is 15.9. The maximum atomic E-state index is 14.5. The lowest BCUT2D eigenvalue weighted by Crippen LogP contribution is -2.10. The third-order valence-corrected chi connectivity index (χ3v) is 4.81. The molecule has 2 aromatic rings. The zero-order valence-corrected chi connectivity index (χ0v) is 14.3. The Morgan fingerprint density at radius 1 is 1.17 bits per heavy atom. The average molecular weight is 374 g/mol. The summed E-state index contributed by atoms with van der Waals surface area (Å²) in [6.07, 6.45) is 6.03. The fraction of sp³-hybridized carbons (Fsp3) is 0.333. The van der Waals surface area contributed by atoms with Gasteiger partial charge in [0.25, 0.3) is 0 Å². The van der Waals surface area contributed by atoms with Crippen molar-refractivity contribution in [2.75, 3.05) is 5.73 Å². The Morgan fingerprint density at radius 2 is 1.91 bits per heavy atom. The molecular formula is C18H17BrFN3. The number of nitrogen functional groups attached to an aromatic ring is 1. The van der Waals surface area contributed by atoms with Gasteiger partial charge in [-0.15, -0.1) is 0 Å². The zero-order chi connectivity index (χ0) is 16.4. The summed E-state index contributed by atoms with van der Waals surface area (Å²) in [4.78, 5) is 4.44. The highest BCUT2D eigenvalue weighted by atomic mass is 79.9. The molecule has 1 aliphatic rings. The SMILES string of the molecule is N#Cc1c(N)nc2c(c1-c1ccc(Br)cc1F)CCCCCC2. The van der Waals surface area contributed by atoms with Gasteiger partial charge in [-0.2, -0.15) is 5.26 Å². The Morgan fingerprint density at radius 3 is 2.61 bits per heavy atom. The molecule has 23 heavy (non-hydrogen) atoms. The minimum Gasteiger partial charge on any atom is -0.383 e.